The van der Waals surface area contributed by atoms with Crippen LogP contribution in [0.5, 0.6) is 0 Å². The molecule has 0 saturated carbocycles. The summed E-state index contributed by atoms with van der Waals surface area (Å²) in [5.74, 6) is 0.128. The van der Waals surface area contributed by atoms with Crippen molar-refractivity contribution < 1.29 is 9.59 Å². The zero-order chi connectivity index (χ0) is 20.1. The molecule has 0 atom stereocenters. The minimum atomic E-state index is -0.263. The number of carbonyl (C=O) groups excluding carboxylic acids is 2. The second-order valence-corrected chi connectivity index (χ2v) is 6.66. The van der Waals surface area contributed by atoms with Crippen molar-refractivity contribution in [1.82, 2.24) is 4.98 Å². The van der Waals surface area contributed by atoms with Gasteiger partial charge >= 0.3 is 0 Å². The second-order valence-electron chi connectivity index (χ2n) is 6.23. The van der Waals surface area contributed by atoms with Crippen molar-refractivity contribution in [2.75, 3.05) is 16.0 Å². The number of amides is 2. The lowest BCUT2D eigenvalue weighted by Gasteiger charge is -2.11. The molecule has 0 bridgehead atoms. The molecule has 28 heavy (non-hydrogen) atoms. The second kappa shape index (κ2) is 8.54. The highest BCUT2D eigenvalue weighted by Gasteiger charge is 2.09. The third-order valence-electron chi connectivity index (χ3n) is 3.95. The van der Waals surface area contributed by atoms with E-state index in [1.54, 1.807) is 42.6 Å². The molecule has 1 heterocycles. The number of halogens is 1. The van der Waals surface area contributed by atoms with Crippen LogP contribution in [0.2, 0.25) is 5.02 Å². The van der Waals surface area contributed by atoms with E-state index in [4.69, 9.17) is 11.6 Å². The van der Waals surface area contributed by atoms with Crippen LogP contribution in [0.4, 0.5) is 22.9 Å². The number of nitrogens with zero attached hydrogens (tertiary/aromatic N) is 1. The molecule has 142 valence electrons. The standard InChI is InChI=1S/C21H19ClN4O2/c1-13-3-4-16(22)12-19(13)26-20-11-15(9-10-23-20)21(28)25-18-7-5-17(6-8-18)24-14(2)27/h3-12H,1-2H3,(H,23,26)(H,24,27)(H,25,28). The predicted molar refractivity (Wildman–Crippen MR) is 112 cm³/mol. The molecule has 3 N–H and O–H groups in total. The first-order chi connectivity index (χ1) is 13.4. The maximum Gasteiger partial charge on any atom is 0.255 e. The fraction of sp³-hybridized carbons (Fsp3) is 0.0952. The largest absolute Gasteiger partial charge is 0.340 e. The number of pyridine rings is 1. The third-order valence-corrected chi connectivity index (χ3v) is 4.18. The lowest BCUT2D eigenvalue weighted by atomic mass is 10.2. The van der Waals surface area contributed by atoms with Gasteiger partial charge in [-0.05, 0) is 61.0 Å². The van der Waals surface area contributed by atoms with Crippen LogP contribution in [-0.2, 0) is 4.79 Å². The fourth-order valence-corrected chi connectivity index (χ4v) is 2.72. The van der Waals surface area contributed by atoms with E-state index in [0.717, 1.165) is 11.3 Å². The van der Waals surface area contributed by atoms with E-state index in [2.05, 4.69) is 20.9 Å². The van der Waals surface area contributed by atoms with Crippen molar-refractivity contribution in [3.8, 4) is 0 Å². The summed E-state index contributed by atoms with van der Waals surface area (Å²) in [6.45, 7) is 3.40. The predicted octanol–water partition coefficient (Wildman–Crippen LogP) is 5.00. The number of aromatic nitrogens is 1. The molecule has 0 fully saturated rings. The SMILES string of the molecule is CC(=O)Nc1ccc(NC(=O)c2ccnc(Nc3cc(Cl)ccc3C)c2)cc1. The van der Waals surface area contributed by atoms with Crippen molar-refractivity contribution in [3.05, 3.63) is 76.9 Å². The van der Waals surface area contributed by atoms with Gasteiger partial charge in [0, 0.05) is 40.8 Å². The van der Waals surface area contributed by atoms with Crippen LogP contribution in [0, 0.1) is 6.92 Å². The lowest BCUT2D eigenvalue weighted by molar-refractivity contribution is -0.114. The number of carbonyl (C=O) groups is 2. The van der Waals surface area contributed by atoms with Gasteiger partial charge in [0.05, 0.1) is 0 Å². The molecule has 0 spiro atoms. The maximum absolute atomic E-state index is 12.5. The zero-order valence-electron chi connectivity index (χ0n) is 15.4. The van der Waals surface area contributed by atoms with Gasteiger partial charge in [-0.1, -0.05) is 17.7 Å². The van der Waals surface area contributed by atoms with E-state index in [9.17, 15) is 9.59 Å². The van der Waals surface area contributed by atoms with Crippen molar-refractivity contribution in [1.29, 1.82) is 0 Å². The molecular weight excluding hydrogens is 376 g/mol. The van der Waals surface area contributed by atoms with Crippen molar-refractivity contribution >= 4 is 46.3 Å². The summed E-state index contributed by atoms with van der Waals surface area (Å²) in [7, 11) is 0. The van der Waals surface area contributed by atoms with Crippen LogP contribution in [0.15, 0.2) is 60.8 Å². The molecule has 0 aliphatic rings. The van der Waals surface area contributed by atoms with Crippen LogP contribution in [0.3, 0.4) is 0 Å². The molecule has 1 aromatic heterocycles. The fourth-order valence-electron chi connectivity index (χ4n) is 2.55. The number of benzene rings is 2. The highest BCUT2D eigenvalue weighted by Crippen LogP contribution is 2.24. The summed E-state index contributed by atoms with van der Waals surface area (Å²) >= 11 is 6.05. The van der Waals surface area contributed by atoms with E-state index >= 15 is 0 Å². The van der Waals surface area contributed by atoms with Crippen LogP contribution in [0.25, 0.3) is 0 Å². The zero-order valence-corrected chi connectivity index (χ0v) is 16.2. The van der Waals surface area contributed by atoms with Crippen molar-refractivity contribution in [2.24, 2.45) is 0 Å². The third kappa shape index (κ3) is 5.08. The number of hydrogen-bond donors (Lipinski definition) is 3. The van der Waals surface area contributed by atoms with E-state index in [0.29, 0.717) is 27.8 Å². The minimum absolute atomic E-state index is 0.149. The maximum atomic E-state index is 12.5. The monoisotopic (exact) mass is 394 g/mol. The number of anilines is 4. The molecule has 3 rings (SSSR count). The van der Waals surface area contributed by atoms with Gasteiger partial charge in [-0.3, -0.25) is 9.59 Å². The summed E-state index contributed by atoms with van der Waals surface area (Å²) < 4.78 is 0. The van der Waals surface area contributed by atoms with Crippen LogP contribution < -0.4 is 16.0 Å². The normalized spacial score (nSPS) is 10.2. The number of hydrogen-bond acceptors (Lipinski definition) is 4. The van der Waals surface area contributed by atoms with Gasteiger partial charge in [0.15, 0.2) is 0 Å². The van der Waals surface area contributed by atoms with Gasteiger partial charge in [-0.25, -0.2) is 4.98 Å². The van der Waals surface area contributed by atoms with Crippen LogP contribution in [-0.4, -0.2) is 16.8 Å². The molecule has 0 radical (unpaired) electrons. The average Bonchev–Trinajstić information content (AvgIpc) is 2.66. The summed E-state index contributed by atoms with van der Waals surface area (Å²) in [6.07, 6.45) is 1.57. The highest BCUT2D eigenvalue weighted by molar-refractivity contribution is 6.30. The molecule has 0 aliphatic carbocycles. The Labute approximate surface area is 168 Å². The first-order valence-electron chi connectivity index (χ1n) is 8.59. The molecule has 0 aliphatic heterocycles. The molecule has 0 unspecified atom stereocenters. The molecule has 6 nitrogen and oxygen atoms in total. The average molecular weight is 395 g/mol. The first kappa shape index (κ1) is 19.4. The van der Waals surface area contributed by atoms with Crippen molar-refractivity contribution in [3.63, 3.8) is 0 Å². The molecule has 2 aromatic carbocycles. The summed E-state index contributed by atoms with van der Waals surface area (Å²) in [5, 5.41) is 9.30. The smallest absolute Gasteiger partial charge is 0.255 e. The van der Waals surface area contributed by atoms with Crippen LogP contribution in [0.1, 0.15) is 22.8 Å². The van der Waals surface area contributed by atoms with Gasteiger partial charge in [-0.2, -0.15) is 0 Å². The molecule has 3 aromatic rings. The first-order valence-corrected chi connectivity index (χ1v) is 8.97. The van der Waals surface area contributed by atoms with E-state index in [-0.39, 0.29) is 11.8 Å². The van der Waals surface area contributed by atoms with Gasteiger partial charge in [0.2, 0.25) is 5.91 Å². The molecule has 2 amide bonds. The number of aryl methyl sites for hydroxylation is 1. The quantitative estimate of drug-likeness (QED) is 0.568. The Bertz CT molecular complexity index is 1020. The number of rotatable bonds is 5. The topological polar surface area (TPSA) is 83.1 Å². The van der Waals surface area contributed by atoms with Gasteiger partial charge in [-0.15, -0.1) is 0 Å². The minimum Gasteiger partial charge on any atom is -0.340 e. The number of nitrogens with one attached hydrogen (secondary N) is 3. The Morgan fingerprint density at radius 2 is 1.61 bits per heavy atom. The Balaban J connectivity index is 1.71. The highest BCUT2D eigenvalue weighted by atomic mass is 35.5. The van der Waals surface area contributed by atoms with Crippen molar-refractivity contribution in [2.45, 2.75) is 13.8 Å². The van der Waals surface area contributed by atoms with Gasteiger partial charge in [0.1, 0.15) is 5.82 Å². The van der Waals surface area contributed by atoms with E-state index in [1.165, 1.54) is 6.92 Å². The Morgan fingerprint density at radius 1 is 0.929 bits per heavy atom. The lowest BCUT2D eigenvalue weighted by Crippen LogP contribution is -2.12. The molecular formula is C21H19ClN4O2. The molecule has 7 heteroatoms. The molecule has 0 saturated heterocycles. The summed E-state index contributed by atoms with van der Waals surface area (Å²) in [6, 6.07) is 15.7. The van der Waals surface area contributed by atoms with Gasteiger partial charge in [0.25, 0.3) is 5.91 Å². The van der Waals surface area contributed by atoms with E-state index < -0.39 is 0 Å². The Kier molecular flexibility index (Phi) is 5.91. The van der Waals surface area contributed by atoms with E-state index in [1.807, 2.05) is 25.1 Å². The van der Waals surface area contributed by atoms with Gasteiger partial charge < -0.3 is 16.0 Å². The summed E-state index contributed by atoms with van der Waals surface area (Å²) in [5.41, 5.74) is 3.59. The van der Waals surface area contributed by atoms with Crippen LogP contribution >= 0.6 is 11.6 Å². The Morgan fingerprint density at radius 3 is 2.29 bits per heavy atom. The Hall–Kier alpha value is -3.38. The summed E-state index contributed by atoms with van der Waals surface area (Å²) in [4.78, 5) is 27.9.